The molecular formula is C26H33N3O2. The Hall–Kier alpha value is -2.66. The van der Waals surface area contributed by atoms with Crippen LogP contribution in [0, 0.1) is 13.8 Å². The van der Waals surface area contributed by atoms with Gasteiger partial charge in [0, 0.05) is 24.7 Å². The summed E-state index contributed by atoms with van der Waals surface area (Å²) in [5, 5.41) is 5.79. The van der Waals surface area contributed by atoms with E-state index in [2.05, 4.69) is 45.9 Å². The van der Waals surface area contributed by atoms with E-state index in [9.17, 15) is 9.59 Å². The first kappa shape index (κ1) is 21.6. The van der Waals surface area contributed by atoms with Crippen LogP contribution in [0.25, 0.3) is 0 Å². The monoisotopic (exact) mass is 419 g/mol. The van der Waals surface area contributed by atoms with Gasteiger partial charge in [-0.15, -0.1) is 0 Å². The van der Waals surface area contributed by atoms with Crippen molar-refractivity contribution in [3.05, 3.63) is 70.8 Å². The smallest absolute Gasteiger partial charge is 0.251 e. The largest absolute Gasteiger partial charge is 0.349 e. The normalized spacial score (nSPS) is 21.9. The van der Waals surface area contributed by atoms with Crippen molar-refractivity contribution in [2.45, 2.75) is 57.5 Å². The predicted molar refractivity (Wildman–Crippen MR) is 123 cm³/mol. The Bertz CT molecular complexity index is 893. The standard InChI is InChI=1S/C26H33N3O2/c1-18-12-19(2)14-22(13-18)26(31)27-15-25(30)28-23-16-29(17-23)24-10-8-21(9-11-24)20-6-4-3-5-7-20/h3-7,12-14,21,23-24H,8-11,15-17H2,1-2H3,(H,27,31)(H,28,30)/t21-,24+. The number of aryl methyl sites for hydroxylation is 2. The number of benzene rings is 2. The highest BCUT2D eigenvalue weighted by Crippen LogP contribution is 2.35. The van der Waals surface area contributed by atoms with Gasteiger partial charge in [-0.05, 0) is 63.1 Å². The van der Waals surface area contributed by atoms with Crippen LogP contribution in [0.1, 0.15) is 58.6 Å². The number of nitrogens with one attached hydrogen (secondary N) is 2. The molecule has 31 heavy (non-hydrogen) atoms. The van der Waals surface area contributed by atoms with Gasteiger partial charge in [0.25, 0.3) is 5.91 Å². The second-order valence-electron chi connectivity index (χ2n) is 9.19. The Morgan fingerprint density at radius 1 is 0.935 bits per heavy atom. The van der Waals surface area contributed by atoms with Crippen LogP contribution >= 0.6 is 0 Å². The van der Waals surface area contributed by atoms with Crippen molar-refractivity contribution < 1.29 is 9.59 Å². The predicted octanol–water partition coefficient (Wildman–Crippen LogP) is 3.56. The Balaban J connectivity index is 1.15. The minimum absolute atomic E-state index is 0.0184. The van der Waals surface area contributed by atoms with Crippen LogP contribution in [0.4, 0.5) is 0 Å². The van der Waals surface area contributed by atoms with Gasteiger partial charge in [0.2, 0.25) is 5.91 Å². The van der Waals surface area contributed by atoms with Crippen molar-refractivity contribution in [2.75, 3.05) is 19.6 Å². The number of amides is 2. The zero-order valence-corrected chi connectivity index (χ0v) is 18.6. The molecule has 2 N–H and O–H groups in total. The van der Waals surface area contributed by atoms with Crippen molar-refractivity contribution >= 4 is 11.8 Å². The summed E-state index contributed by atoms with van der Waals surface area (Å²) in [6.45, 7) is 5.78. The first-order valence-corrected chi connectivity index (χ1v) is 11.4. The van der Waals surface area contributed by atoms with E-state index in [0.29, 0.717) is 17.5 Å². The average molecular weight is 420 g/mol. The van der Waals surface area contributed by atoms with Crippen molar-refractivity contribution in [1.29, 1.82) is 0 Å². The van der Waals surface area contributed by atoms with E-state index in [1.165, 1.54) is 31.2 Å². The SMILES string of the molecule is Cc1cc(C)cc(C(=O)NCC(=O)NC2CN([C@H]3CC[C@@H](c4ccccc4)CC3)C2)c1. The number of likely N-dealkylation sites (tertiary alicyclic amines) is 1. The maximum atomic E-state index is 12.3. The quantitative estimate of drug-likeness (QED) is 0.753. The van der Waals surface area contributed by atoms with Crippen LogP contribution in [0.15, 0.2) is 48.5 Å². The second kappa shape index (κ2) is 9.65. The lowest BCUT2D eigenvalue weighted by Gasteiger charge is -2.46. The van der Waals surface area contributed by atoms with Crippen LogP contribution in [-0.4, -0.2) is 48.4 Å². The number of hydrogen-bond acceptors (Lipinski definition) is 3. The minimum atomic E-state index is -0.202. The van der Waals surface area contributed by atoms with E-state index in [1.807, 2.05) is 32.0 Å². The number of carbonyl (C=O) groups excluding carboxylic acids is 2. The van der Waals surface area contributed by atoms with Crippen molar-refractivity contribution in [1.82, 2.24) is 15.5 Å². The summed E-state index contributed by atoms with van der Waals surface area (Å²) in [6, 6.07) is 17.4. The minimum Gasteiger partial charge on any atom is -0.349 e. The lowest BCUT2D eigenvalue weighted by atomic mass is 9.80. The topological polar surface area (TPSA) is 61.4 Å². The molecule has 0 atom stereocenters. The molecule has 1 aliphatic carbocycles. The van der Waals surface area contributed by atoms with Crippen molar-refractivity contribution in [2.24, 2.45) is 0 Å². The molecule has 0 unspecified atom stereocenters. The van der Waals surface area contributed by atoms with Crippen molar-refractivity contribution in [3.63, 3.8) is 0 Å². The summed E-state index contributed by atoms with van der Waals surface area (Å²) in [5.74, 6) is 0.373. The molecule has 164 valence electrons. The number of rotatable bonds is 6. The molecule has 2 aromatic carbocycles. The average Bonchev–Trinajstić information content (AvgIpc) is 2.74. The lowest BCUT2D eigenvalue weighted by molar-refractivity contribution is -0.122. The fourth-order valence-electron chi connectivity index (χ4n) is 5.05. The first-order valence-electron chi connectivity index (χ1n) is 11.4. The molecule has 1 heterocycles. The van der Waals surface area contributed by atoms with Crippen LogP contribution in [0.2, 0.25) is 0 Å². The Kier molecular flexibility index (Phi) is 6.71. The Morgan fingerprint density at radius 2 is 1.58 bits per heavy atom. The molecule has 0 radical (unpaired) electrons. The molecule has 1 saturated carbocycles. The Labute approximate surface area is 185 Å². The van der Waals surface area contributed by atoms with Gasteiger partial charge in [0.05, 0.1) is 12.6 Å². The van der Waals surface area contributed by atoms with Crippen LogP contribution < -0.4 is 10.6 Å². The maximum absolute atomic E-state index is 12.3. The third-order valence-corrected chi connectivity index (χ3v) is 6.65. The van der Waals surface area contributed by atoms with Crippen LogP contribution in [0.5, 0.6) is 0 Å². The van der Waals surface area contributed by atoms with E-state index < -0.39 is 0 Å². The zero-order chi connectivity index (χ0) is 21.8. The summed E-state index contributed by atoms with van der Waals surface area (Å²) in [6.07, 6.45) is 4.94. The molecule has 0 aromatic heterocycles. The Morgan fingerprint density at radius 3 is 2.23 bits per heavy atom. The molecule has 2 aliphatic rings. The highest BCUT2D eigenvalue weighted by Gasteiger charge is 2.35. The highest BCUT2D eigenvalue weighted by molar-refractivity contribution is 5.96. The molecule has 1 aliphatic heterocycles. The fraction of sp³-hybridized carbons (Fsp3) is 0.462. The molecule has 5 heteroatoms. The van der Waals surface area contributed by atoms with E-state index in [4.69, 9.17) is 0 Å². The van der Waals surface area contributed by atoms with E-state index in [-0.39, 0.29) is 24.4 Å². The lowest BCUT2D eigenvalue weighted by Crippen LogP contribution is -2.63. The summed E-state index contributed by atoms with van der Waals surface area (Å²) in [5.41, 5.74) is 4.16. The maximum Gasteiger partial charge on any atom is 0.251 e. The number of nitrogens with zero attached hydrogens (tertiary/aromatic N) is 1. The van der Waals surface area contributed by atoms with Gasteiger partial charge in [-0.1, -0.05) is 47.5 Å². The fourth-order valence-corrected chi connectivity index (χ4v) is 5.05. The molecular weight excluding hydrogens is 386 g/mol. The summed E-state index contributed by atoms with van der Waals surface area (Å²) >= 11 is 0. The van der Waals surface area contributed by atoms with Crippen molar-refractivity contribution in [3.8, 4) is 0 Å². The van der Waals surface area contributed by atoms with E-state index in [1.54, 1.807) is 0 Å². The van der Waals surface area contributed by atoms with Gasteiger partial charge in [0.15, 0.2) is 0 Å². The van der Waals surface area contributed by atoms with Crippen LogP contribution in [0.3, 0.4) is 0 Å². The zero-order valence-electron chi connectivity index (χ0n) is 18.6. The molecule has 5 nitrogen and oxygen atoms in total. The van der Waals surface area contributed by atoms with Gasteiger partial charge >= 0.3 is 0 Å². The molecule has 0 spiro atoms. The summed E-state index contributed by atoms with van der Waals surface area (Å²) in [4.78, 5) is 27.1. The highest BCUT2D eigenvalue weighted by atomic mass is 16.2. The molecule has 2 aromatic rings. The molecule has 0 bridgehead atoms. The molecule has 2 fully saturated rings. The van der Waals surface area contributed by atoms with Gasteiger partial charge in [-0.25, -0.2) is 0 Å². The third kappa shape index (κ3) is 5.53. The summed E-state index contributed by atoms with van der Waals surface area (Å²) < 4.78 is 0. The van der Waals surface area contributed by atoms with E-state index >= 15 is 0 Å². The van der Waals surface area contributed by atoms with Gasteiger partial charge in [-0.2, -0.15) is 0 Å². The second-order valence-corrected chi connectivity index (χ2v) is 9.19. The third-order valence-electron chi connectivity index (χ3n) is 6.65. The van der Waals surface area contributed by atoms with E-state index in [0.717, 1.165) is 24.2 Å². The van der Waals surface area contributed by atoms with Gasteiger partial charge < -0.3 is 10.6 Å². The first-order chi connectivity index (χ1) is 15.0. The summed E-state index contributed by atoms with van der Waals surface area (Å²) in [7, 11) is 0. The number of hydrogen-bond donors (Lipinski definition) is 2. The molecule has 1 saturated heterocycles. The van der Waals surface area contributed by atoms with Gasteiger partial charge in [-0.3, -0.25) is 14.5 Å². The van der Waals surface area contributed by atoms with Crippen LogP contribution in [-0.2, 0) is 4.79 Å². The molecule has 2 amide bonds. The number of carbonyl (C=O) groups is 2. The molecule has 4 rings (SSSR count). The van der Waals surface area contributed by atoms with Gasteiger partial charge in [0.1, 0.15) is 0 Å².